The number of likely N-dealkylation sites (tertiary alicyclic amines) is 1. The maximum Gasteiger partial charge on any atom is 0.310 e. The first-order valence-electron chi connectivity index (χ1n) is 12.6. The van der Waals surface area contributed by atoms with Crippen molar-refractivity contribution in [1.82, 2.24) is 9.80 Å². The summed E-state index contributed by atoms with van der Waals surface area (Å²) in [6.45, 7) is 8.17. The number of hydrogen-bond acceptors (Lipinski definition) is 5. The lowest BCUT2D eigenvalue weighted by Crippen LogP contribution is -2.42. The number of esters is 1. The molecule has 0 spiro atoms. The summed E-state index contributed by atoms with van der Waals surface area (Å²) in [6, 6.07) is 15.1. The number of benzene rings is 2. The van der Waals surface area contributed by atoms with Crippen molar-refractivity contribution in [3.05, 3.63) is 65.2 Å². The number of carbonyl (C=O) groups is 3. The second kappa shape index (κ2) is 10.9. The molecule has 186 valence electrons. The number of piperidine rings is 1. The Balaban J connectivity index is 1.46. The van der Waals surface area contributed by atoms with Crippen molar-refractivity contribution in [2.45, 2.75) is 46.2 Å². The van der Waals surface area contributed by atoms with Crippen LogP contribution in [0.25, 0.3) is 0 Å². The smallest absolute Gasteiger partial charge is 0.310 e. The Morgan fingerprint density at radius 3 is 2.57 bits per heavy atom. The lowest BCUT2D eigenvalue weighted by atomic mass is 9.97. The molecule has 35 heavy (non-hydrogen) atoms. The first kappa shape index (κ1) is 24.8. The molecule has 2 unspecified atom stereocenters. The normalized spacial score (nSPS) is 19.6. The second-order valence-electron chi connectivity index (χ2n) is 9.73. The van der Waals surface area contributed by atoms with Crippen LogP contribution in [0.3, 0.4) is 0 Å². The number of fused-ring (bicyclic) bond motifs is 1. The van der Waals surface area contributed by atoms with E-state index in [1.807, 2.05) is 41.3 Å². The quantitative estimate of drug-likeness (QED) is 0.557. The summed E-state index contributed by atoms with van der Waals surface area (Å²) in [6.07, 6.45) is 2.22. The van der Waals surface area contributed by atoms with Gasteiger partial charge in [0.15, 0.2) is 0 Å². The third-order valence-electron chi connectivity index (χ3n) is 6.77. The van der Waals surface area contributed by atoms with Crippen LogP contribution in [-0.4, -0.2) is 53.8 Å². The van der Waals surface area contributed by atoms with Crippen LogP contribution in [0.5, 0.6) is 0 Å². The molecule has 2 heterocycles. The van der Waals surface area contributed by atoms with E-state index in [9.17, 15) is 14.4 Å². The predicted octanol–water partition coefficient (Wildman–Crippen LogP) is 4.71. The van der Waals surface area contributed by atoms with Gasteiger partial charge in [0, 0.05) is 42.0 Å². The van der Waals surface area contributed by atoms with E-state index >= 15 is 0 Å². The number of hydrogen-bond donors (Lipinski definition) is 1. The maximum atomic E-state index is 13.1. The van der Waals surface area contributed by atoms with E-state index in [2.05, 4.69) is 19.2 Å². The molecule has 7 nitrogen and oxygen atoms in total. The Morgan fingerprint density at radius 1 is 1.11 bits per heavy atom. The number of carbonyl (C=O) groups excluding carboxylic acids is 3. The standard InChI is InChI=1S/C28H35N3O4/c1-4-35-28(34)21-8-7-16-30(18-21)26(32)20-11-13-22(14-12-20)29-25-23-9-5-6-10-24(23)27(33)31(25)17-15-19(2)3/h5-6,9-14,19,21,25,29H,4,7-8,15-18H2,1-3H3. The third kappa shape index (κ3) is 5.50. The highest BCUT2D eigenvalue weighted by Gasteiger charge is 2.36. The fourth-order valence-corrected chi connectivity index (χ4v) is 4.82. The minimum atomic E-state index is -0.259. The zero-order valence-corrected chi connectivity index (χ0v) is 20.8. The van der Waals surface area contributed by atoms with Crippen LogP contribution in [0.4, 0.5) is 5.69 Å². The highest BCUT2D eigenvalue weighted by Crippen LogP contribution is 2.35. The Morgan fingerprint density at radius 2 is 1.86 bits per heavy atom. The van der Waals surface area contributed by atoms with E-state index in [1.165, 1.54) is 0 Å². The van der Waals surface area contributed by atoms with Gasteiger partial charge in [-0.15, -0.1) is 0 Å². The Labute approximate surface area is 207 Å². The fourth-order valence-electron chi connectivity index (χ4n) is 4.82. The minimum Gasteiger partial charge on any atom is -0.466 e. The molecule has 0 aliphatic carbocycles. The molecular weight excluding hydrogens is 442 g/mol. The summed E-state index contributed by atoms with van der Waals surface area (Å²) >= 11 is 0. The van der Waals surface area contributed by atoms with Gasteiger partial charge in [-0.3, -0.25) is 14.4 Å². The first-order chi connectivity index (χ1) is 16.9. The van der Waals surface area contributed by atoms with Crippen molar-refractivity contribution in [3.63, 3.8) is 0 Å². The van der Waals surface area contributed by atoms with Crippen LogP contribution in [0.15, 0.2) is 48.5 Å². The molecule has 1 fully saturated rings. The highest BCUT2D eigenvalue weighted by molar-refractivity contribution is 5.99. The maximum absolute atomic E-state index is 13.1. The van der Waals surface area contributed by atoms with Gasteiger partial charge < -0.3 is 19.9 Å². The number of nitrogens with one attached hydrogen (secondary N) is 1. The first-order valence-corrected chi connectivity index (χ1v) is 12.6. The molecule has 1 saturated heterocycles. The lowest BCUT2D eigenvalue weighted by molar-refractivity contribution is -0.149. The molecule has 0 radical (unpaired) electrons. The van der Waals surface area contributed by atoms with E-state index in [0.717, 1.165) is 36.1 Å². The van der Waals surface area contributed by atoms with Gasteiger partial charge in [0.05, 0.1) is 12.5 Å². The summed E-state index contributed by atoms with van der Waals surface area (Å²) in [5, 5.41) is 3.50. The summed E-state index contributed by atoms with van der Waals surface area (Å²) in [4.78, 5) is 41.9. The van der Waals surface area contributed by atoms with Crippen LogP contribution in [-0.2, 0) is 9.53 Å². The molecule has 2 atom stereocenters. The average Bonchev–Trinajstić information content (AvgIpc) is 3.13. The monoisotopic (exact) mass is 477 g/mol. The molecule has 2 aromatic carbocycles. The number of rotatable bonds is 8. The zero-order chi connectivity index (χ0) is 24.9. The number of ether oxygens (including phenoxy) is 1. The second-order valence-corrected chi connectivity index (χ2v) is 9.73. The van der Waals surface area contributed by atoms with Crippen LogP contribution < -0.4 is 5.32 Å². The minimum absolute atomic E-state index is 0.0480. The van der Waals surface area contributed by atoms with Gasteiger partial charge in [0.25, 0.3) is 11.8 Å². The van der Waals surface area contributed by atoms with Crippen LogP contribution in [0, 0.1) is 11.8 Å². The number of nitrogens with zero attached hydrogens (tertiary/aromatic N) is 2. The number of anilines is 1. The Hall–Kier alpha value is -3.35. The van der Waals surface area contributed by atoms with Crippen LogP contribution in [0.1, 0.15) is 72.5 Å². The van der Waals surface area contributed by atoms with Gasteiger partial charge in [-0.2, -0.15) is 0 Å². The molecule has 2 aliphatic heterocycles. The molecular formula is C28H35N3O4. The van der Waals surface area contributed by atoms with E-state index < -0.39 is 0 Å². The van der Waals surface area contributed by atoms with Crippen molar-refractivity contribution in [3.8, 4) is 0 Å². The van der Waals surface area contributed by atoms with E-state index in [1.54, 1.807) is 24.0 Å². The Kier molecular flexibility index (Phi) is 7.73. The zero-order valence-electron chi connectivity index (χ0n) is 20.8. The van der Waals surface area contributed by atoms with Crippen molar-refractivity contribution < 1.29 is 19.1 Å². The van der Waals surface area contributed by atoms with Gasteiger partial charge >= 0.3 is 5.97 Å². The van der Waals surface area contributed by atoms with Gasteiger partial charge in [0.1, 0.15) is 6.17 Å². The van der Waals surface area contributed by atoms with Gasteiger partial charge in [-0.05, 0) is 62.4 Å². The van der Waals surface area contributed by atoms with Gasteiger partial charge in [-0.1, -0.05) is 32.0 Å². The average molecular weight is 478 g/mol. The van der Waals surface area contributed by atoms with Crippen LogP contribution in [0.2, 0.25) is 0 Å². The van der Waals surface area contributed by atoms with Crippen molar-refractivity contribution in [2.24, 2.45) is 11.8 Å². The van der Waals surface area contributed by atoms with Gasteiger partial charge in [-0.25, -0.2) is 0 Å². The largest absolute Gasteiger partial charge is 0.466 e. The Bertz CT molecular complexity index is 1070. The summed E-state index contributed by atoms with van der Waals surface area (Å²) in [7, 11) is 0. The number of amides is 2. The predicted molar refractivity (Wildman–Crippen MR) is 135 cm³/mol. The van der Waals surface area contributed by atoms with E-state index in [4.69, 9.17) is 4.74 Å². The van der Waals surface area contributed by atoms with E-state index in [0.29, 0.717) is 37.7 Å². The SMILES string of the molecule is CCOC(=O)C1CCCN(C(=O)c2ccc(NC3c4ccccc4C(=O)N3CCC(C)C)cc2)C1. The highest BCUT2D eigenvalue weighted by atomic mass is 16.5. The molecule has 0 saturated carbocycles. The summed E-state index contributed by atoms with van der Waals surface area (Å²) < 4.78 is 5.15. The van der Waals surface area contributed by atoms with Gasteiger partial charge in [0.2, 0.25) is 0 Å². The summed E-state index contributed by atoms with van der Waals surface area (Å²) in [5.74, 6) is -0.0173. The van der Waals surface area contributed by atoms with Crippen molar-refractivity contribution in [1.29, 1.82) is 0 Å². The molecule has 2 amide bonds. The van der Waals surface area contributed by atoms with E-state index in [-0.39, 0.29) is 29.9 Å². The molecule has 7 heteroatoms. The molecule has 2 aliphatic rings. The molecule has 0 bridgehead atoms. The molecule has 0 aromatic heterocycles. The molecule has 2 aromatic rings. The van der Waals surface area contributed by atoms with Crippen LogP contribution >= 0.6 is 0 Å². The van der Waals surface area contributed by atoms with Crippen molar-refractivity contribution in [2.75, 3.05) is 31.6 Å². The third-order valence-corrected chi connectivity index (χ3v) is 6.77. The molecule has 4 rings (SSSR count). The topological polar surface area (TPSA) is 79.0 Å². The van der Waals surface area contributed by atoms with Crippen molar-refractivity contribution >= 4 is 23.5 Å². The fraction of sp³-hybridized carbons (Fsp3) is 0.464. The summed E-state index contributed by atoms with van der Waals surface area (Å²) in [5.41, 5.74) is 3.13. The lowest BCUT2D eigenvalue weighted by Gasteiger charge is -2.31. The molecule has 1 N–H and O–H groups in total.